The van der Waals surface area contributed by atoms with E-state index in [0.717, 1.165) is 50.1 Å². The molecule has 0 N–H and O–H groups in total. The summed E-state index contributed by atoms with van der Waals surface area (Å²) in [5.41, 5.74) is 10.9. The molecule has 0 unspecified atom stereocenters. The summed E-state index contributed by atoms with van der Waals surface area (Å²) in [4.78, 5) is 14.3. The van der Waals surface area contributed by atoms with Gasteiger partial charge in [-0.1, -0.05) is 132 Å². The van der Waals surface area contributed by atoms with Crippen LogP contribution in [0.5, 0.6) is 0 Å². The molecule has 1 radical (unpaired) electrons. The van der Waals surface area contributed by atoms with E-state index in [4.69, 9.17) is 7.73 Å². The van der Waals surface area contributed by atoms with Gasteiger partial charge in [0.2, 0.25) is 0 Å². The minimum Gasteiger partial charge on any atom is -0.332 e. The molecule has 0 aliphatic carbocycles. The third-order valence-electron chi connectivity index (χ3n) is 10.6. The number of aromatic nitrogens is 4. The van der Waals surface area contributed by atoms with Gasteiger partial charge in [0.25, 0.3) is 0 Å². The van der Waals surface area contributed by atoms with Crippen LogP contribution in [0.2, 0.25) is 19.6 Å². The van der Waals surface area contributed by atoms with Crippen LogP contribution in [0.25, 0.3) is 70.7 Å². The molecule has 7 heteroatoms. The number of nitrogens with zero attached hydrogens (tertiary/aromatic N) is 4. The third-order valence-corrected chi connectivity index (χ3v) is 13.8. The second-order valence-electron chi connectivity index (χ2n) is 18.7. The standard InChI is InChI=1S/C35H28N3S.C19H26NSi.Ir/c1-22-13-15-25-26-11-8-12-27(33(26)39-32(25)19-22)34-37-29-17-18-36-21-31(29)38(34)30-16-14-24(20-28(30)35(2,3)4)23-9-6-5-7-10-23;1-19(2,3)13-16-12-17(15-10-8-7-9-11-15)20-14-18(16)21(4,5)6;/h5-11,13-21H,1-4H3;7-10,12,14H,13H2,1-6H3;/q2*-1;/i;13D2;. The minimum absolute atomic E-state index is 0. The first kappa shape index (κ1) is 41.3. The molecule has 5 aromatic carbocycles. The van der Waals surface area contributed by atoms with E-state index in [1.54, 1.807) is 0 Å². The molecule has 0 saturated carbocycles. The molecule has 0 atom stereocenters. The maximum absolute atomic E-state index is 8.75. The molecule has 9 aromatic rings. The van der Waals surface area contributed by atoms with Gasteiger partial charge in [-0.25, -0.2) is 0 Å². The summed E-state index contributed by atoms with van der Waals surface area (Å²) >= 11 is 1.82. The molecule has 0 spiro atoms. The quantitative estimate of drug-likeness (QED) is 0.123. The Bertz CT molecular complexity index is 3070. The summed E-state index contributed by atoms with van der Waals surface area (Å²) in [6, 6.07) is 46.7. The molecule has 9 rings (SSSR count). The smallest absolute Gasteiger partial charge is 0.0822 e. The zero-order valence-corrected chi connectivity index (χ0v) is 40.9. The SMILES string of the molecule is Cc1ccc2c(c1)sc1c(-c3nc4ccncc4n3-c3ccc(-c4ccccc4)cc3C(C)(C)C)[c-]ccc12.[2H]C([2H])(c1cc(-c2[c-]cccc2)ncc1[Si](C)(C)C)C(C)(C)C.[Ir]. The Morgan fingerprint density at radius 2 is 1.54 bits per heavy atom. The van der Waals surface area contributed by atoms with Gasteiger partial charge in [0.05, 0.1) is 31.1 Å². The van der Waals surface area contributed by atoms with Gasteiger partial charge < -0.3 is 9.55 Å². The van der Waals surface area contributed by atoms with Gasteiger partial charge >= 0.3 is 0 Å². The number of pyridine rings is 2. The fraction of sp³-hybridized carbons (Fsp3) is 0.241. The summed E-state index contributed by atoms with van der Waals surface area (Å²) in [5, 5.41) is 3.62. The largest absolute Gasteiger partial charge is 0.332 e. The maximum atomic E-state index is 8.75. The second kappa shape index (κ2) is 17.4. The molecule has 61 heavy (non-hydrogen) atoms. The van der Waals surface area contributed by atoms with Gasteiger partial charge in [-0.3, -0.25) is 9.97 Å². The van der Waals surface area contributed by atoms with Crippen molar-refractivity contribution in [2.24, 2.45) is 5.41 Å². The van der Waals surface area contributed by atoms with E-state index in [1.165, 1.54) is 42.4 Å². The van der Waals surface area contributed by atoms with Crippen LogP contribution < -0.4 is 5.19 Å². The molecule has 0 saturated heterocycles. The molecule has 0 bridgehead atoms. The Morgan fingerprint density at radius 3 is 2.25 bits per heavy atom. The number of rotatable bonds is 6. The number of aryl methyl sites for hydroxylation is 1. The normalized spacial score (nSPS) is 12.8. The first-order chi connectivity index (χ1) is 29.3. The zero-order chi connectivity index (χ0) is 44.2. The Kier molecular flexibility index (Phi) is 11.8. The molecule has 0 fully saturated rings. The van der Waals surface area contributed by atoms with Crippen molar-refractivity contribution in [3.8, 4) is 39.5 Å². The van der Waals surface area contributed by atoms with E-state index in [2.05, 4.69) is 147 Å². The summed E-state index contributed by atoms with van der Waals surface area (Å²) in [6.45, 7) is 21.6. The number of imidazole rings is 1. The van der Waals surface area contributed by atoms with Crippen LogP contribution in [0, 0.1) is 24.5 Å². The number of hydrogen-bond acceptors (Lipinski definition) is 4. The predicted octanol–water partition coefficient (Wildman–Crippen LogP) is 14.2. The Balaban J connectivity index is 0.000000213. The first-order valence-corrected chi connectivity index (χ1v) is 25.0. The fourth-order valence-electron chi connectivity index (χ4n) is 7.75. The van der Waals surface area contributed by atoms with E-state index in [1.807, 2.05) is 93.2 Å². The monoisotopic (exact) mass is 1010 g/mol. The molecule has 4 heterocycles. The average molecular weight is 1010 g/mol. The second-order valence-corrected chi connectivity index (χ2v) is 24.8. The summed E-state index contributed by atoms with van der Waals surface area (Å²) in [7, 11) is -1.70. The van der Waals surface area contributed by atoms with E-state index >= 15 is 0 Å². The van der Waals surface area contributed by atoms with Crippen molar-refractivity contribution >= 4 is 55.8 Å². The number of hydrogen-bond donors (Lipinski definition) is 0. The zero-order valence-electron chi connectivity index (χ0n) is 38.7. The van der Waals surface area contributed by atoms with Crippen LogP contribution >= 0.6 is 11.3 Å². The van der Waals surface area contributed by atoms with Crippen molar-refractivity contribution in [1.82, 2.24) is 19.5 Å². The van der Waals surface area contributed by atoms with Crippen LogP contribution in [0.3, 0.4) is 0 Å². The van der Waals surface area contributed by atoms with Crippen molar-refractivity contribution in [2.75, 3.05) is 0 Å². The van der Waals surface area contributed by atoms with Crippen molar-refractivity contribution in [3.05, 3.63) is 163 Å². The van der Waals surface area contributed by atoms with E-state index in [-0.39, 0.29) is 25.5 Å². The van der Waals surface area contributed by atoms with Crippen LogP contribution in [0.15, 0.2) is 134 Å². The topological polar surface area (TPSA) is 43.6 Å². The molecule has 4 aromatic heterocycles. The van der Waals surface area contributed by atoms with Crippen molar-refractivity contribution in [1.29, 1.82) is 0 Å². The number of thiophene rings is 1. The number of fused-ring (bicyclic) bond motifs is 4. The van der Waals surface area contributed by atoms with Crippen LogP contribution in [-0.4, -0.2) is 27.6 Å². The van der Waals surface area contributed by atoms with Crippen LogP contribution in [-0.2, 0) is 31.9 Å². The van der Waals surface area contributed by atoms with Crippen LogP contribution in [0.1, 0.15) is 61.0 Å². The summed E-state index contributed by atoms with van der Waals surface area (Å²) in [5.74, 6) is 0.893. The molecular weight excluding hydrogens is 957 g/mol. The molecule has 0 aliphatic rings. The molecule has 311 valence electrons. The Morgan fingerprint density at radius 1 is 0.770 bits per heavy atom. The Labute approximate surface area is 383 Å². The van der Waals surface area contributed by atoms with Crippen molar-refractivity contribution in [3.63, 3.8) is 0 Å². The molecule has 0 aliphatic heterocycles. The van der Waals surface area contributed by atoms with Gasteiger partial charge in [0.15, 0.2) is 0 Å². The van der Waals surface area contributed by atoms with E-state index in [9.17, 15) is 0 Å². The third kappa shape index (κ3) is 9.41. The van der Waals surface area contributed by atoms with Gasteiger partial charge in [0, 0.05) is 45.6 Å². The van der Waals surface area contributed by atoms with Gasteiger partial charge in [0.1, 0.15) is 0 Å². The molecular formula is C54H54IrN4SSi-2. The maximum Gasteiger partial charge on any atom is 0.0822 e. The molecule has 4 nitrogen and oxygen atoms in total. The fourth-order valence-corrected chi connectivity index (χ4v) is 10.4. The minimum atomic E-state index is -1.70. The van der Waals surface area contributed by atoms with Gasteiger partial charge in [-0.05, 0) is 91.6 Å². The number of benzene rings is 5. The molecule has 0 amide bonds. The van der Waals surface area contributed by atoms with E-state index in [0.29, 0.717) is 0 Å². The summed E-state index contributed by atoms with van der Waals surface area (Å²) < 4.78 is 22.3. The van der Waals surface area contributed by atoms with Crippen molar-refractivity contribution < 1.29 is 22.8 Å². The first-order valence-electron chi connectivity index (χ1n) is 21.7. The Hall–Kier alpha value is -5.04. The van der Waals surface area contributed by atoms with Gasteiger partial charge in [-0.2, -0.15) is 11.3 Å². The van der Waals surface area contributed by atoms with Gasteiger partial charge in [-0.15, -0.1) is 54.1 Å². The van der Waals surface area contributed by atoms with Crippen molar-refractivity contribution in [2.45, 2.75) is 79.9 Å². The summed E-state index contributed by atoms with van der Waals surface area (Å²) in [6.07, 6.45) is 4.22. The predicted molar refractivity (Wildman–Crippen MR) is 260 cm³/mol. The van der Waals surface area contributed by atoms with Crippen LogP contribution in [0.4, 0.5) is 0 Å². The average Bonchev–Trinajstić information content (AvgIpc) is 3.81. The van der Waals surface area contributed by atoms with E-state index < -0.39 is 19.9 Å².